The van der Waals surface area contributed by atoms with Gasteiger partial charge < -0.3 is 9.47 Å². The molecule has 4 bridgehead atoms. The Morgan fingerprint density at radius 3 is 1.09 bits per heavy atom. The molecule has 0 radical (unpaired) electrons. The van der Waals surface area contributed by atoms with Gasteiger partial charge in [-0.15, -0.1) is 0 Å². The van der Waals surface area contributed by atoms with E-state index in [9.17, 15) is 19.2 Å². The largest absolute Gasteiger partial charge is 0.373 e. The lowest BCUT2D eigenvalue weighted by molar-refractivity contribution is -0.144. The highest BCUT2D eigenvalue weighted by molar-refractivity contribution is 6.07. The number of nitrogens with zero attached hydrogens (tertiary/aromatic N) is 4. The summed E-state index contributed by atoms with van der Waals surface area (Å²) in [6.07, 6.45) is 3.34. The topological polar surface area (TPSA) is 99.7 Å². The van der Waals surface area contributed by atoms with Crippen molar-refractivity contribution < 1.29 is 28.7 Å². The summed E-state index contributed by atoms with van der Waals surface area (Å²) in [6, 6.07) is 0. The monoisotopic (exact) mass is 472 g/mol. The molecule has 0 N–H and O–H groups in total. The maximum atomic E-state index is 12.8. The second-order valence-corrected chi connectivity index (χ2v) is 11.0. The number of piperazine rings is 1. The van der Waals surface area contributed by atoms with E-state index in [2.05, 4.69) is 9.80 Å². The van der Waals surface area contributed by atoms with Crippen LogP contribution in [-0.4, -0.2) is 120 Å². The first-order valence-corrected chi connectivity index (χ1v) is 13.0. The molecule has 4 unspecified atom stereocenters. The minimum atomic E-state index is -0.250. The van der Waals surface area contributed by atoms with Crippen LogP contribution in [0.2, 0.25) is 0 Å². The Kier molecular flexibility index (Phi) is 4.92. The molecule has 34 heavy (non-hydrogen) atoms. The number of carbonyl (C=O) groups excluding carboxylic acids is 4. The molecule has 184 valence electrons. The molecule has 0 aromatic carbocycles. The van der Waals surface area contributed by atoms with Gasteiger partial charge in [-0.25, -0.2) is 0 Å². The maximum absolute atomic E-state index is 12.8. The Balaban J connectivity index is 0.876. The van der Waals surface area contributed by atoms with Gasteiger partial charge in [-0.1, -0.05) is 0 Å². The van der Waals surface area contributed by atoms with Crippen LogP contribution in [0.5, 0.6) is 0 Å². The number of amides is 4. The van der Waals surface area contributed by atoms with Crippen LogP contribution < -0.4 is 0 Å². The fraction of sp³-hybridized carbons (Fsp3) is 0.833. The summed E-state index contributed by atoms with van der Waals surface area (Å²) >= 11 is 0. The van der Waals surface area contributed by atoms with Gasteiger partial charge in [-0.2, -0.15) is 0 Å². The molecule has 0 saturated carbocycles. The van der Waals surface area contributed by atoms with Crippen LogP contribution in [0.3, 0.4) is 0 Å². The standard InChI is InChI=1S/C24H32N4O6/c29-21-17-13-1-2-14(33-13)18(17)22(30)27(21)11-9-25-5-7-26(8-6-25)10-12-28-23(31)19-15-3-4-16(34-15)20(19)24(28)32/h13-20H,1-12H2/t13?,14?,15?,16?,17-,18+,19-,20+. The zero-order chi connectivity index (χ0) is 23.1. The zero-order valence-electron chi connectivity index (χ0n) is 19.3. The van der Waals surface area contributed by atoms with E-state index in [-0.39, 0.29) is 71.7 Å². The van der Waals surface area contributed by atoms with Crippen LogP contribution in [0.1, 0.15) is 25.7 Å². The number of rotatable bonds is 6. The van der Waals surface area contributed by atoms with Crippen molar-refractivity contribution in [2.45, 2.75) is 50.1 Å². The Morgan fingerprint density at radius 1 is 0.500 bits per heavy atom. The molecule has 10 heteroatoms. The van der Waals surface area contributed by atoms with Crippen molar-refractivity contribution in [2.75, 3.05) is 52.4 Å². The van der Waals surface area contributed by atoms with E-state index in [0.29, 0.717) is 26.2 Å². The summed E-state index contributed by atoms with van der Waals surface area (Å²) in [7, 11) is 0. The SMILES string of the molecule is O=C1[C@@H]2C3CCC(O3)[C@@H]2C(=O)N1CCN1CCN(CCN2C(=O)[C@@H]3C4CCC(O4)[C@@H]3C2=O)CC1. The molecule has 7 saturated heterocycles. The Morgan fingerprint density at radius 2 is 0.794 bits per heavy atom. The lowest BCUT2D eigenvalue weighted by Crippen LogP contribution is -2.51. The summed E-state index contributed by atoms with van der Waals surface area (Å²) in [4.78, 5) is 58.8. The van der Waals surface area contributed by atoms with Crippen molar-refractivity contribution in [1.82, 2.24) is 19.6 Å². The van der Waals surface area contributed by atoms with Crippen molar-refractivity contribution in [1.29, 1.82) is 0 Å². The molecule has 0 aliphatic carbocycles. The third-order valence-corrected chi connectivity index (χ3v) is 9.50. The van der Waals surface area contributed by atoms with Crippen LogP contribution in [0.15, 0.2) is 0 Å². The van der Waals surface area contributed by atoms with E-state index < -0.39 is 0 Å². The molecule has 10 nitrogen and oxygen atoms in total. The van der Waals surface area contributed by atoms with Gasteiger partial charge in [-0.05, 0) is 25.7 Å². The zero-order valence-corrected chi connectivity index (χ0v) is 19.3. The number of hydrogen-bond acceptors (Lipinski definition) is 8. The van der Waals surface area contributed by atoms with Crippen molar-refractivity contribution in [2.24, 2.45) is 23.7 Å². The van der Waals surface area contributed by atoms with Crippen LogP contribution in [-0.2, 0) is 28.7 Å². The number of hydrogen-bond donors (Lipinski definition) is 0. The van der Waals surface area contributed by atoms with Crippen molar-refractivity contribution in [3.63, 3.8) is 0 Å². The average molecular weight is 473 g/mol. The normalized spacial score (nSPS) is 43.6. The summed E-state index contributed by atoms with van der Waals surface area (Å²) in [5.41, 5.74) is 0. The van der Waals surface area contributed by atoms with E-state index in [1.54, 1.807) is 0 Å². The molecule has 0 aromatic heterocycles. The molecule has 8 atom stereocenters. The molecule has 7 aliphatic heterocycles. The van der Waals surface area contributed by atoms with Crippen molar-refractivity contribution >= 4 is 23.6 Å². The minimum Gasteiger partial charge on any atom is -0.373 e. The molecule has 7 heterocycles. The summed E-state index contributed by atoms with van der Waals surface area (Å²) in [6.45, 7) is 5.69. The van der Waals surface area contributed by atoms with Crippen LogP contribution in [0, 0.1) is 23.7 Å². The first-order chi connectivity index (χ1) is 16.5. The van der Waals surface area contributed by atoms with Gasteiger partial charge in [0.05, 0.1) is 48.1 Å². The third-order valence-electron chi connectivity index (χ3n) is 9.50. The van der Waals surface area contributed by atoms with Gasteiger partial charge in [0.15, 0.2) is 0 Å². The van der Waals surface area contributed by atoms with E-state index in [0.717, 1.165) is 51.9 Å². The number of fused-ring (bicyclic) bond motifs is 10. The Labute approximate surface area is 198 Å². The smallest absolute Gasteiger partial charge is 0.235 e. The fourth-order valence-electron chi connectivity index (χ4n) is 7.71. The van der Waals surface area contributed by atoms with Gasteiger partial charge in [0.1, 0.15) is 0 Å². The van der Waals surface area contributed by atoms with Crippen LogP contribution in [0.25, 0.3) is 0 Å². The van der Waals surface area contributed by atoms with E-state index in [4.69, 9.17) is 9.47 Å². The lowest BCUT2D eigenvalue weighted by atomic mass is 9.81. The summed E-state index contributed by atoms with van der Waals surface area (Å²) in [5, 5.41) is 0. The Bertz CT molecular complexity index is 804. The fourth-order valence-corrected chi connectivity index (χ4v) is 7.71. The highest BCUT2D eigenvalue weighted by Crippen LogP contribution is 2.49. The molecular weight excluding hydrogens is 440 g/mol. The lowest BCUT2D eigenvalue weighted by Gasteiger charge is -2.35. The number of ether oxygens (including phenoxy) is 2. The molecule has 7 aliphatic rings. The number of imide groups is 2. The van der Waals surface area contributed by atoms with Gasteiger partial charge in [0, 0.05) is 52.4 Å². The number of likely N-dealkylation sites (tertiary alicyclic amines) is 2. The summed E-state index contributed by atoms with van der Waals surface area (Å²) in [5.74, 6) is -1.15. The second-order valence-electron chi connectivity index (χ2n) is 11.0. The molecule has 4 amide bonds. The maximum Gasteiger partial charge on any atom is 0.235 e. The van der Waals surface area contributed by atoms with Crippen molar-refractivity contribution in [3.05, 3.63) is 0 Å². The minimum absolute atomic E-state index is 0.0376. The van der Waals surface area contributed by atoms with Crippen molar-refractivity contribution in [3.8, 4) is 0 Å². The molecule has 7 rings (SSSR count). The highest BCUT2D eigenvalue weighted by Gasteiger charge is 2.63. The highest BCUT2D eigenvalue weighted by atomic mass is 16.5. The van der Waals surface area contributed by atoms with Gasteiger partial charge in [0.2, 0.25) is 23.6 Å². The third kappa shape index (κ3) is 3.01. The molecule has 0 aromatic rings. The predicted molar refractivity (Wildman–Crippen MR) is 116 cm³/mol. The molecule has 0 spiro atoms. The van der Waals surface area contributed by atoms with Crippen LogP contribution in [0.4, 0.5) is 0 Å². The summed E-state index contributed by atoms with van der Waals surface area (Å²) < 4.78 is 11.6. The van der Waals surface area contributed by atoms with E-state index >= 15 is 0 Å². The van der Waals surface area contributed by atoms with E-state index in [1.807, 2.05) is 0 Å². The van der Waals surface area contributed by atoms with Gasteiger partial charge in [-0.3, -0.25) is 38.8 Å². The van der Waals surface area contributed by atoms with Gasteiger partial charge in [0.25, 0.3) is 0 Å². The predicted octanol–water partition coefficient (Wildman–Crippen LogP) is -1.07. The second kappa shape index (κ2) is 7.81. The Hall–Kier alpha value is -1.88. The van der Waals surface area contributed by atoms with Crippen LogP contribution >= 0.6 is 0 Å². The number of carbonyl (C=O) groups is 4. The average Bonchev–Trinajstić information content (AvgIpc) is 3.67. The molecular formula is C24H32N4O6. The van der Waals surface area contributed by atoms with E-state index in [1.165, 1.54) is 9.80 Å². The first-order valence-electron chi connectivity index (χ1n) is 13.0. The quantitative estimate of drug-likeness (QED) is 0.451. The van der Waals surface area contributed by atoms with Gasteiger partial charge >= 0.3 is 0 Å². The first kappa shape index (κ1) is 21.4. The molecule has 7 fully saturated rings.